The molecule has 0 heterocycles. The van der Waals surface area contributed by atoms with E-state index in [-0.39, 0.29) is 0 Å². The fourth-order valence-corrected chi connectivity index (χ4v) is 1.41. The summed E-state index contributed by atoms with van der Waals surface area (Å²) in [5.41, 5.74) is -0.464. The smallest absolute Gasteiger partial charge is 0.349 e. The van der Waals surface area contributed by atoms with E-state index < -0.39 is 17.1 Å². The lowest BCUT2D eigenvalue weighted by molar-refractivity contribution is -0.159. The fourth-order valence-electron chi connectivity index (χ4n) is 1.01. The van der Waals surface area contributed by atoms with Crippen LogP contribution in [-0.4, -0.2) is 28.4 Å². The Kier molecular flexibility index (Phi) is 6.25. The number of esters is 1. The third-order valence-electron chi connectivity index (χ3n) is 1.95. The van der Waals surface area contributed by atoms with E-state index >= 15 is 0 Å². The van der Waals surface area contributed by atoms with Crippen molar-refractivity contribution < 1.29 is 9.53 Å². The fraction of sp³-hybridized carbons (Fsp3) is 0.750. The second-order valence-corrected chi connectivity index (χ2v) is 5.64. The highest BCUT2D eigenvalue weighted by Gasteiger charge is 2.40. The third-order valence-corrected chi connectivity index (χ3v) is 2.54. The molecule has 17 heavy (non-hydrogen) atoms. The second kappa shape index (κ2) is 6.65. The third kappa shape index (κ3) is 5.22. The van der Waals surface area contributed by atoms with Crippen molar-refractivity contribution >= 4 is 23.3 Å². The first-order chi connectivity index (χ1) is 7.81. The van der Waals surface area contributed by atoms with Gasteiger partial charge in [0.05, 0.1) is 5.55 Å². The predicted octanol–water partition coefficient (Wildman–Crippen LogP) is 2.78. The zero-order valence-electron chi connectivity index (χ0n) is 11.1. The van der Waals surface area contributed by atoms with E-state index in [1.165, 1.54) is 11.8 Å². The summed E-state index contributed by atoms with van der Waals surface area (Å²) in [6.45, 7) is 9.04. The van der Waals surface area contributed by atoms with Crippen LogP contribution in [0.4, 0.5) is 0 Å². The Morgan fingerprint density at radius 2 is 2.06 bits per heavy atom. The number of thioether (sulfide) groups is 1. The number of rotatable bonds is 5. The molecule has 0 amide bonds. The molecule has 96 valence electrons. The van der Waals surface area contributed by atoms with Gasteiger partial charge < -0.3 is 4.74 Å². The molecule has 1 unspecified atom stereocenters. The molecule has 0 saturated heterocycles. The molecule has 0 N–H and O–H groups in total. The molecule has 0 aliphatic carbocycles. The van der Waals surface area contributed by atoms with Crippen LogP contribution in [0.1, 0.15) is 41.0 Å². The summed E-state index contributed by atoms with van der Waals surface area (Å²) in [7, 11) is 0. The summed E-state index contributed by atoms with van der Waals surface area (Å²) in [5.74, 6) is 0.270. The van der Waals surface area contributed by atoms with Gasteiger partial charge in [0, 0.05) is 0 Å². The van der Waals surface area contributed by atoms with Crippen molar-refractivity contribution in [1.29, 1.82) is 5.26 Å². The Labute approximate surface area is 107 Å². The molecule has 4 nitrogen and oxygen atoms in total. The van der Waals surface area contributed by atoms with Crippen LogP contribution in [0.3, 0.4) is 0 Å². The first-order valence-electron chi connectivity index (χ1n) is 5.61. The average molecular weight is 256 g/mol. The maximum Gasteiger partial charge on any atom is 0.349 e. The molecule has 0 radical (unpaired) electrons. The molecule has 0 fully saturated rings. The lowest BCUT2D eigenvalue weighted by atomic mass is 9.99. The normalized spacial score (nSPS) is 15.3. The van der Waals surface area contributed by atoms with Gasteiger partial charge in [0.15, 0.2) is 0 Å². The molecule has 0 bridgehead atoms. The van der Waals surface area contributed by atoms with Gasteiger partial charge in [-0.05, 0) is 32.9 Å². The molecule has 0 aromatic heterocycles. The largest absolute Gasteiger partial charge is 0.457 e. The number of carbonyl (C=O) groups is 1. The van der Waals surface area contributed by atoms with Gasteiger partial charge in [-0.1, -0.05) is 13.8 Å². The monoisotopic (exact) mass is 256 g/mol. The molecule has 5 heteroatoms. The second-order valence-electron chi connectivity index (χ2n) is 4.52. The van der Waals surface area contributed by atoms with Gasteiger partial charge in [-0.2, -0.15) is 5.26 Å². The van der Waals surface area contributed by atoms with Crippen molar-refractivity contribution in [2.45, 2.75) is 52.2 Å². The first-order valence-corrected chi connectivity index (χ1v) is 6.66. The Balaban J connectivity index is 4.96. The van der Waals surface area contributed by atoms with Crippen molar-refractivity contribution in [2.75, 3.05) is 5.75 Å². The van der Waals surface area contributed by atoms with Crippen LogP contribution in [0.25, 0.3) is 0 Å². The standard InChI is InChI=1S/C12H20N2O2S/c1-6-12(8-13,14-9-17-7-2)10(15)16-11(3,4)5/h9H,6-7H2,1-5H3. The van der Waals surface area contributed by atoms with E-state index in [1.807, 2.05) is 13.0 Å². The molecular formula is C12H20N2O2S. The Bertz CT molecular complexity index is 328. The van der Waals surface area contributed by atoms with E-state index in [0.717, 1.165) is 5.75 Å². The van der Waals surface area contributed by atoms with Gasteiger partial charge in [0.2, 0.25) is 5.54 Å². The van der Waals surface area contributed by atoms with Crippen molar-refractivity contribution in [3.05, 3.63) is 0 Å². The number of hydrogen-bond acceptors (Lipinski definition) is 5. The van der Waals surface area contributed by atoms with Crippen molar-refractivity contribution in [3.8, 4) is 6.07 Å². The minimum Gasteiger partial charge on any atom is -0.457 e. The van der Waals surface area contributed by atoms with Crippen LogP contribution >= 0.6 is 11.8 Å². The van der Waals surface area contributed by atoms with Crippen LogP contribution in [0.15, 0.2) is 4.99 Å². The van der Waals surface area contributed by atoms with Gasteiger partial charge >= 0.3 is 5.97 Å². The number of nitrogens with zero attached hydrogens (tertiary/aromatic N) is 2. The number of hydrogen-bond donors (Lipinski definition) is 0. The van der Waals surface area contributed by atoms with Gasteiger partial charge in [-0.25, -0.2) is 4.79 Å². The zero-order chi connectivity index (χ0) is 13.5. The van der Waals surface area contributed by atoms with Gasteiger partial charge in [-0.15, -0.1) is 11.8 Å². The highest BCUT2D eigenvalue weighted by Crippen LogP contribution is 2.21. The van der Waals surface area contributed by atoms with Gasteiger partial charge in [0.1, 0.15) is 11.7 Å². The summed E-state index contributed by atoms with van der Waals surface area (Å²) in [5, 5.41) is 9.17. The predicted molar refractivity (Wildman–Crippen MR) is 71.1 cm³/mol. The van der Waals surface area contributed by atoms with E-state index in [0.29, 0.717) is 6.42 Å². The minimum atomic E-state index is -1.41. The van der Waals surface area contributed by atoms with Crippen LogP contribution in [0.5, 0.6) is 0 Å². The number of ether oxygens (including phenoxy) is 1. The lowest BCUT2D eigenvalue weighted by Crippen LogP contribution is -2.40. The van der Waals surface area contributed by atoms with Crippen molar-refractivity contribution in [2.24, 2.45) is 4.99 Å². The maximum atomic E-state index is 12.0. The number of carbonyl (C=O) groups excluding carboxylic acids is 1. The Hall–Kier alpha value is -1.02. The van der Waals surface area contributed by atoms with E-state index in [2.05, 4.69) is 4.99 Å². The Morgan fingerprint density at radius 3 is 2.41 bits per heavy atom. The summed E-state index contributed by atoms with van der Waals surface area (Å²) in [6.07, 6.45) is 0.305. The van der Waals surface area contributed by atoms with E-state index in [1.54, 1.807) is 33.2 Å². The summed E-state index contributed by atoms with van der Waals surface area (Å²) >= 11 is 1.45. The topological polar surface area (TPSA) is 62.5 Å². The van der Waals surface area contributed by atoms with Crippen molar-refractivity contribution in [1.82, 2.24) is 0 Å². The molecule has 0 rings (SSSR count). The summed E-state index contributed by atoms with van der Waals surface area (Å²) in [6, 6.07) is 1.96. The SMILES string of the molecule is CCSC=NC(C#N)(CC)C(=O)OC(C)(C)C. The zero-order valence-corrected chi connectivity index (χ0v) is 11.9. The molecule has 0 aromatic rings. The molecule has 1 atom stereocenters. The van der Waals surface area contributed by atoms with Crippen LogP contribution < -0.4 is 0 Å². The Morgan fingerprint density at radius 1 is 1.47 bits per heavy atom. The minimum absolute atomic E-state index is 0.305. The van der Waals surface area contributed by atoms with Crippen LogP contribution in [0, 0.1) is 11.3 Å². The van der Waals surface area contributed by atoms with Crippen LogP contribution in [-0.2, 0) is 9.53 Å². The quantitative estimate of drug-likeness (QED) is 0.431. The molecule has 0 saturated carbocycles. The summed E-state index contributed by atoms with van der Waals surface area (Å²) in [4.78, 5) is 16.0. The molecular weight excluding hydrogens is 236 g/mol. The summed E-state index contributed by atoms with van der Waals surface area (Å²) < 4.78 is 5.23. The molecule has 0 aliphatic heterocycles. The number of aliphatic imine (C=N–C) groups is 1. The first kappa shape index (κ1) is 16.0. The van der Waals surface area contributed by atoms with Crippen LogP contribution in [0.2, 0.25) is 0 Å². The van der Waals surface area contributed by atoms with Gasteiger partial charge in [-0.3, -0.25) is 4.99 Å². The number of nitriles is 1. The molecule has 0 spiro atoms. The van der Waals surface area contributed by atoms with Gasteiger partial charge in [0.25, 0.3) is 0 Å². The lowest BCUT2D eigenvalue weighted by Gasteiger charge is -2.25. The van der Waals surface area contributed by atoms with Crippen molar-refractivity contribution in [3.63, 3.8) is 0 Å². The average Bonchev–Trinajstić information content (AvgIpc) is 2.22. The maximum absolute atomic E-state index is 12.0. The van der Waals surface area contributed by atoms with E-state index in [9.17, 15) is 4.79 Å². The molecule has 0 aliphatic rings. The molecule has 0 aromatic carbocycles. The highest BCUT2D eigenvalue weighted by molar-refractivity contribution is 8.12. The van der Waals surface area contributed by atoms with E-state index in [4.69, 9.17) is 10.00 Å². The highest BCUT2D eigenvalue weighted by atomic mass is 32.2.